The fourth-order valence-corrected chi connectivity index (χ4v) is 4.18. The van der Waals surface area contributed by atoms with E-state index in [1.807, 2.05) is 0 Å². The highest BCUT2D eigenvalue weighted by Gasteiger charge is 2.69. The summed E-state index contributed by atoms with van der Waals surface area (Å²) >= 11 is 17.6. The first-order valence-electron chi connectivity index (χ1n) is 8.92. The summed E-state index contributed by atoms with van der Waals surface area (Å²) in [6.07, 6.45) is -4.71. The lowest BCUT2D eigenvalue weighted by atomic mass is 10.1. The Labute approximate surface area is 200 Å². The van der Waals surface area contributed by atoms with Gasteiger partial charge in [-0.3, -0.25) is 9.59 Å². The maximum absolute atomic E-state index is 14.1. The molecule has 0 bridgehead atoms. The number of amides is 2. The van der Waals surface area contributed by atoms with Crippen molar-refractivity contribution in [2.75, 3.05) is 11.9 Å². The van der Waals surface area contributed by atoms with E-state index in [4.69, 9.17) is 34.8 Å². The van der Waals surface area contributed by atoms with Crippen LogP contribution in [0.4, 0.5) is 40.8 Å². The Kier molecular flexibility index (Phi) is 7.00. The molecule has 0 saturated heterocycles. The molecule has 2 N–H and O–H groups in total. The van der Waals surface area contributed by atoms with Crippen molar-refractivity contribution in [3.05, 3.63) is 63.4 Å². The third-order valence-corrected chi connectivity index (χ3v) is 6.09. The number of alkyl halides is 5. The van der Waals surface area contributed by atoms with Crippen LogP contribution in [0, 0.1) is 35.0 Å². The van der Waals surface area contributed by atoms with Gasteiger partial charge in [-0.25, -0.2) is 22.0 Å². The molecule has 15 heteroatoms. The van der Waals surface area contributed by atoms with Gasteiger partial charge in [0.1, 0.15) is 10.9 Å². The van der Waals surface area contributed by atoms with Gasteiger partial charge in [0.2, 0.25) is 11.7 Å². The molecule has 0 spiro atoms. The first-order chi connectivity index (χ1) is 15.6. The number of rotatable bonds is 5. The summed E-state index contributed by atoms with van der Waals surface area (Å²) in [5.74, 6) is -17.2. The number of carbonyl (C=O) groups is 2. The molecule has 4 nitrogen and oxygen atoms in total. The van der Waals surface area contributed by atoms with Gasteiger partial charge in [0.05, 0.1) is 16.5 Å². The molecule has 2 amide bonds. The van der Waals surface area contributed by atoms with Crippen molar-refractivity contribution >= 4 is 52.3 Å². The Bertz CT molecular complexity index is 1160. The molecule has 0 aromatic heterocycles. The Morgan fingerprint density at radius 3 is 2.00 bits per heavy atom. The minimum absolute atomic E-state index is 0.209. The van der Waals surface area contributed by atoms with Crippen molar-refractivity contribution in [1.82, 2.24) is 5.32 Å². The van der Waals surface area contributed by atoms with Crippen LogP contribution in [0.15, 0.2) is 18.2 Å². The quantitative estimate of drug-likeness (QED) is 0.210. The largest absolute Gasteiger partial charge is 0.405 e. The van der Waals surface area contributed by atoms with Crippen LogP contribution in [0.25, 0.3) is 0 Å². The van der Waals surface area contributed by atoms with Gasteiger partial charge >= 0.3 is 6.18 Å². The van der Waals surface area contributed by atoms with Crippen LogP contribution in [-0.2, 0) is 4.79 Å². The van der Waals surface area contributed by atoms with Gasteiger partial charge in [-0.2, -0.15) is 13.2 Å². The third-order valence-electron chi connectivity index (χ3n) is 4.82. The molecular weight excluding hydrogens is 547 g/mol. The summed E-state index contributed by atoms with van der Waals surface area (Å²) in [6, 6.07) is 3.08. The molecule has 0 unspecified atom stereocenters. The summed E-state index contributed by atoms with van der Waals surface area (Å²) < 4.78 is 103. The van der Waals surface area contributed by atoms with E-state index >= 15 is 0 Å². The van der Waals surface area contributed by atoms with E-state index in [1.54, 1.807) is 5.32 Å². The second-order valence-corrected chi connectivity index (χ2v) is 8.95. The smallest absolute Gasteiger partial charge is 0.343 e. The second kappa shape index (κ2) is 9.04. The van der Waals surface area contributed by atoms with Crippen molar-refractivity contribution in [1.29, 1.82) is 0 Å². The molecule has 34 heavy (non-hydrogen) atoms. The van der Waals surface area contributed by atoms with Crippen molar-refractivity contribution in [2.45, 2.75) is 16.4 Å². The van der Waals surface area contributed by atoms with Crippen molar-refractivity contribution in [3.8, 4) is 0 Å². The fourth-order valence-electron chi connectivity index (χ4n) is 3.18. The Morgan fingerprint density at radius 1 is 0.941 bits per heavy atom. The molecule has 1 fully saturated rings. The predicted molar refractivity (Wildman–Crippen MR) is 105 cm³/mol. The topological polar surface area (TPSA) is 58.2 Å². The van der Waals surface area contributed by atoms with Crippen molar-refractivity contribution in [2.24, 2.45) is 5.92 Å². The molecule has 1 saturated carbocycles. The Morgan fingerprint density at radius 2 is 1.47 bits per heavy atom. The van der Waals surface area contributed by atoms with Gasteiger partial charge in [-0.15, -0.1) is 23.2 Å². The number of halogens is 11. The Hall–Kier alpha value is -2.31. The number of hydrogen-bond acceptors (Lipinski definition) is 2. The standard InChI is InChI=1S/C19H9Cl3F8N2O2/c20-7-2-1-5(3-6(7)16(33)31-4-18(28,29)30)32-17(34)10-9(19(10,21)22)8-11(23)13(25)15(27)14(26)12(8)24/h1-3,9-10H,4H2,(H,31,33)(H,32,34)/t9-,10+/m0/s1. The van der Waals surface area contributed by atoms with Gasteiger partial charge in [-0.1, -0.05) is 11.6 Å². The first-order valence-corrected chi connectivity index (χ1v) is 10.1. The zero-order chi connectivity index (χ0) is 25.7. The molecule has 2 atom stereocenters. The maximum Gasteiger partial charge on any atom is 0.405 e. The fraction of sp³-hybridized carbons (Fsp3) is 0.263. The van der Waals surface area contributed by atoms with E-state index in [0.29, 0.717) is 0 Å². The highest BCUT2D eigenvalue weighted by molar-refractivity contribution is 6.53. The molecule has 0 heterocycles. The lowest BCUT2D eigenvalue weighted by Gasteiger charge is -2.11. The summed E-state index contributed by atoms with van der Waals surface area (Å²) in [5, 5.41) is 3.46. The van der Waals surface area contributed by atoms with E-state index in [9.17, 15) is 44.7 Å². The minimum atomic E-state index is -4.71. The van der Waals surface area contributed by atoms with Gasteiger partial charge in [0.25, 0.3) is 5.91 Å². The van der Waals surface area contributed by atoms with Crippen molar-refractivity contribution in [3.63, 3.8) is 0 Å². The second-order valence-electron chi connectivity index (χ2n) is 7.10. The van der Waals surface area contributed by atoms with E-state index in [-0.39, 0.29) is 10.7 Å². The molecule has 1 aliphatic rings. The van der Waals surface area contributed by atoms with Crippen LogP contribution in [0.3, 0.4) is 0 Å². The monoisotopic (exact) mass is 554 g/mol. The molecule has 0 radical (unpaired) electrons. The van der Waals surface area contributed by atoms with Crippen LogP contribution in [0.2, 0.25) is 5.02 Å². The molecular formula is C19H9Cl3F8N2O2. The summed E-state index contributed by atoms with van der Waals surface area (Å²) in [7, 11) is 0. The number of nitrogens with one attached hydrogen (secondary N) is 2. The SMILES string of the molecule is O=C(NCC(F)(F)F)c1cc(NC(=O)[C@H]2[C@H](c3c(F)c(F)c(F)c(F)c3F)C2(Cl)Cl)ccc1Cl. The molecule has 184 valence electrons. The van der Waals surface area contributed by atoms with E-state index < -0.39 is 80.9 Å². The van der Waals surface area contributed by atoms with Crippen LogP contribution in [0.1, 0.15) is 21.8 Å². The zero-order valence-corrected chi connectivity index (χ0v) is 18.3. The molecule has 2 aromatic carbocycles. The normalized spacial score (nSPS) is 19.0. The molecule has 0 aliphatic heterocycles. The Balaban J connectivity index is 1.84. The van der Waals surface area contributed by atoms with Crippen LogP contribution in [-0.4, -0.2) is 28.9 Å². The maximum atomic E-state index is 14.1. The third kappa shape index (κ3) is 4.89. The average molecular weight is 556 g/mol. The van der Waals surface area contributed by atoms with Crippen LogP contribution >= 0.6 is 34.8 Å². The number of anilines is 1. The molecule has 1 aliphatic carbocycles. The number of benzene rings is 2. The van der Waals surface area contributed by atoms with Gasteiger partial charge < -0.3 is 10.6 Å². The minimum Gasteiger partial charge on any atom is -0.343 e. The van der Waals surface area contributed by atoms with Crippen LogP contribution < -0.4 is 10.6 Å². The predicted octanol–water partition coefficient (Wildman–Crippen LogP) is 5.85. The highest BCUT2D eigenvalue weighted by Crippen LogP contribution is 2.66. The lowest BCUT2D eigenvalue weighted by molar-refractivity contribution is -0.123. The zero-order valence-electron chi connectivity index (χ0n) is 16.1. The van der Waals surface area contributed by atoms with Gasteiger partial charge in [0.15, 0.2) is 23.3 Å². The van der Waals surface area contributed by atoms with E-state index in [2.05, 4.69) is 5.32 Å². The first kappa shape index (κ1) is 26.3. The summed E-state index contributed by atoms with van der Waals surface area (Å²) in [6.45, 7) is -1.66. The number of hydrogen-bond donors (Lipinski definition) is 2. The van der Waals surface area contributed by atoms with Crippen molar-refractivity contribution < 1.29 is 44.7 Å². The summed E-state index contributed by atoms with van der Waals surface area (Å²) in [4.78, 5) is 24.6. The lowest BCUT2D eigenvalue weighted by Crippen LogP contribution is -2.33. The van der Waals surface area contributed by atoms with Gasteiger partial charge in [0, 0.05) is 17.2 Å². The van der Waals surface area contributed by atoms with Gasteiger partial charge in [-0.05, 0) is 18.2 Å². The molecule has 2 aromatic rings. The molecule has 3 rings (SSSR count). The average Bonchev–Trinajstić information content (AvgIpc) is 3.31. The van der Waals surface area contributed by atoms with E-state index in [0.717, 1.165) is 18.2 Å². The van der Waals surface area contributed by atoms with E-state index in [1.165, 1.54) is 0 Å². The summed E-state index contributed by atoms with van der Waals surface area (Å²) in [5.41, 5.74) is -2.05. The number of carbonyl (C=O) groups excluding carboxylic acids is 2. The highest BCUT2D eigenvalue weighted by atomic mass is 35.5. The van der Waals surface area contributed by atoms with Crippen LogP contribution in [0.5, 0.6) is 0 Å².